The minimum absolute atomic E-state index is 0.0235. The van der Waals surface area contributed by atoms with E-state index in [9.17, 15) is 14.9 Å². The van der Waals surface area contributed by atoms with E-state index in [-0.39, 0.29) is 28.3 Å². The second-order valence-electron chi connectivity index (χ2n) is 5.72. The predicted octanol–water partition coefficient (Wildman–Crippen LogP) is 3.69. The van der Waals surface area contributed by atoms with Gasteiger partial charge in [0.2, 0.25) is 11.8 Å². The molecular weight excluding hydrogens is 384 g/mol. The minimum atomic E-state index is -0.537. The standard InChI is InChI=1S/C18H16N4O5S/c1-11-3-5-12(6-4-11)17-20-21-18(27-17)28-10-16(23)19-14-8-7-13(22(24)25)9-15(14)26-2/h3-9H,10H2,1-2H3,(H,19,23). The molecular formula is C18H16N4O5S. The number of nitrogens with one attached hydrogen (secondary N) is 1. The van der Waals surface area contributed by atoms with E-state index in [0.29, 0.717) is 11.6 Å². The Hall–Kier alpha value is -3.40. The number of thioether (sulfide) groups is 1. The number of hydrogen-bond donors (Lipinski definition) is 1. The second-order valence-corrected chi connectivity index (χ2v) is 6.64. The van der Waals surface area contributed by atoms with Gasteiger partial charge in [-0.15, -0.1) is 10.2 Å². The molecule has 10 heteroatoms. The lowest BCUT2D eigenvalue weighted by Gasteiger charge is -2.09. The summed E-state index contributed by atoms with van der Waals surface area (Å²) in [7, 11) is 1.37. The fourth-order valence-corrected chi connectivity index (χ4v) is 2.85. The van der Waals surface area contributed by atoms with Gasteiger partial charge in [-0.3, -0.25) is 14.9 Å². The number of nitro groups is 1. The average molecular weight is 400 g/mol. The van der Waals surface area contributed by atoms with Crippen LogP contribution in [-0.2, 0) is 4.79 Å². The van der Waals surface area contributed by atoms with Crippen LogP contribution in [0.25, 0.3) is 11.5 Å². The molecule has 1 N–H and O–H groups in total. The van der Waals surface area contributed by atoms with Gasteiger partial charge in [0.25, 0.3) is 10.9 Å². The van der Waals surface area contributed by atoms with Crippen LogP contribution in [0.15, 0.2) is 52.1 Å². The predicted molar refractivity (Wildman–Crippen MR) is 103 cm³/mol. The van der Waals surface area contributed by atoms with E-state index in [2.05, 4.69) is 15.5 Å². The zero-order chi connectivity index (χ0) is 20.1. The monoisotopic (exact) mass is 400 g/mol. The van der Waals surface area contributed by atoms with Crippen LogP contribution in [0.5, 0.6) is 5.75 Å². The van der Waals surface area contributed by atoms with Crippen molar-refractivity contribution >= 4 is 29.0 Å². The molecule has 144 valence electrons. The topological polar surface area (TPSA) is 120 Å². The van der Waals surface area contributed by atoms with Crippen LogP contribution in [0, 0.1) is 17.0 Å². The summed E-state index contributed by atoms with van der Waals surface area (Å²) < 4.78 is 10.7. The number of anilines is 1. The number of rotatable bonds is 7. The number of carbonyl (C=O) groups excluding carboxylic acids is 1. The smallest absolute Gasteiger partial charge is 0.277 e. The number of carbonyl (C=O) groups is 1. The number of aromatic nitrogens is 2. The van der Waals surface area contributed by atoms with Gasteiger partial charge in [0, 0.05) is 11.6 Å². The Bertz CT molecular complexity index is 1000. The van der Waals surface area contributed by atoms with Crippen LogP contribution in [0.3, 0.4) is 0 Å². The van der Waals surface area contributed by atoms with Crippen LogP contribution in [0.2, 0.25) is 0 Å². The number of nitrogens with zero attached hydrogens (tertiary/aromatic N) is 3. The Labute approximate surface area is 164 Å². The molecule has 1 aromatic heterocycles. The van der Waals surface area contributed by atoms with E-state index < -0.39 is 4.92 Å². The van der Waals surface area contributed by atoms with Gasteiger partial charge in [-0.2, -0.15) is 0 Å². The summed E-state index contributed by atoms with van der Waals surface area (Å²) in [6.07, 6.45) is 0. The molecule has 0 saturated carbocycles. The highest BCUT2D eigenvalue weighted by Gasteiger charge is 2.15. The van der Waals surface area contributed by atoms with Crippen LogP contribution < -0.4 is 10.1 Å². The zero-order valence-corrected chi connectivity index (χ0v) is 15.9. The van der Waals surface area contributed by atoms with Crippen molar-refractivity contribution in [3.8, 4) is 17.2 Å². The van der Waals surface area contributed by atoms with Gasteiger partial charge in [0.15, 0.2) is 0 Å². The SMILES string of the molecule is COc1cc([N+](=O)[O-])ccc1NC(=O)CSc1nnc(-c2ccc(C)cc2)o1. The van der Waals surface area contributed by atoms with Crippen LogP contribution in [0.1, 0.15) is 5.56 Å². The summed E-state index contributed by atoms with van der Waals surface area (Å²) >= 11 is 1.09. The van der Waals surface area contributed by atoms with Crippen molar-refractivity contribution in [2.24, 2.45) is 0 Å². The average Bonchev–Trinajstić information content (AvgIpc) is 3.16. The Morgan fingerprint density at radius 1 is 1.25 bits per heavy atom. The Balaban J connectivity index is 1.60. The zero-order valence-electron chi connectivity index (χ0n) is 15.0. The van der Waals surface area contributed by atoms with Gasteiger partial charge in [0.05, 0.1) is 29.5 Å². The molecule has 0 aliphatic rings. The molecule has 2 aromatic carbocycles. The molecule has 9 nitrogen and oxygen atoms in total. The lowest BCUT2D eigenvalue weighted by Crippen LogP contribution is -2.14. The lowest BCUT2D eigenvalue weighted by molar-refractivity contribution is -0.384. The van der Waals surface area contributed by atoms with Crippen LogP contribution >= 0.6 is 11.8 Å². The van der Waals surface area contributed by atoms with Crippen LogP contribution in [0.4, 0.5) is 11.4 Å². The van der Waals surface area contributed by atoms with Gasteiger partial charge in [0.1, 0.15) is 5.75 Å². The molecule has 0 fully saturated rings. The molecule has 3 aromatic rings. The number of aryl methyl sites for hydroxylation is 1. The molecule has 0 bridgehead atoms. The van der Waals surface area contributed by atoms with Gasteiger partial charge >= 0.3 is 0 Å². The highest BCUT2D eigenvalue weighted by atomic mass is 32.2. The maximum atomic E-state index is 12.2. The second kappa shape index (κ2) is 8.53. The lowest BCUT2D eigenvalue weighted by atomic mass is 10.1. The molecule has 0 saturated heterocycles. The molecule has 28 heavy (non-hydrogen) atoms. The van der Waals surface area contributed by atoms with E-state index in [1.54, 1.807) is 0 Å². The van der Waals surface area contributed by atoms with Crippen molar-refractivity contribution in [3.63, 3.8) is 0 Å². The molecule has 3 rings (SSSR count). The van der Waals surface area contributed by atoms with E-state index in [1.807, 2.05) is 31.2 Å². The van der Waals surface area contributed by atoms with Crippen molar-refractivity contribution in [2.45, 2.75) is 12.1 Å². The molecule has 0 unspecified atom stereocenters. The maximum absolute atomic E-state index is 12.2. The molecule has 1 amide bonds. The number of benzene rings is 2. The number of ether oxygens (including phenoxy) is 1. The number of amides is 1. The quantitative estimate of drug-likeness (QED) is 0.362. The first-order chi connectivity index (χ1) is 13.5. The van der Waals surface area contributed by atoms with Crippen molar-refractivity contribution < 1.29 is 18.9 Å². The molecule has 0 atom stereocenters. The van der Waals surface area contributed by atoms with Gasteiger partial charge < -0.3 is 14.5 Å². The Kier molecular flexibility index (Phi) is 5.90. The van der Waals surface area contributed by atoms with Crippen molar-refractivity contribution in [1.29, 1.82) is 0 Å². The summed E-state index contributed by atoms with van der Waals surface area (Å²) in [5, 5.41) is 21.6. The highest BCUT2D eigenvalue weighted by molar-refractivity contribution is 7.99. The van der Waals surface area contributed by atoms with Crippen molar-refractivity contribution in [3.05, 3.63) is 58.1 Å². The molecule has 1 heterocycles. The van der Waals surface area contributed by atoms with Crippen molar-refractivity contribution in [2.75, 3.05) is 18.2 Å². The minimum Gasteiger partial charge on any atom is -0.494 e. The normalized spacial score (nSPS) is 10.5. The van der Waals surface area contributed by atoms with Crippen LogP contribution in [-0.4, -0.2) is 33.9 Å². The van der Waals surface area contributed by atoms with Gasteiger partial charge in [-0.25, -0.2) is 0 Å². The summed E-state index contributed by atoms with van der Waals surface area (Å²) in [5.41, 5.74) is 2.13. The summed E-state index contributed by atoms with van der Waals surface area (Å²) in [6.45, 7) is 1.98. The first-order valence-corrected chi connectivity index (χ1v) is 9.10. The summed E-state index contributed by atoms with van der Waals surface area (Å²) in [5.74, 6) is 0.259. The first-order valence-electron chi connectivity index (χ1n) is 8.12. The Morgan fingerprint density at radius 2 is 2.00 bits per heavy atom. The third-order valence-electron chi connectivity index (χ3n) is 3.70. The molecule has 0 aliphatic heterocycles. The largest absolute Gasteiger partial charge is 0.494 e. The fraction of sp³-hybridized carbons (Fsp3) is 0.167. The molecule has 0 spiro atoms. The summed E-state index contributed by atoms with van der Waals surface area (Å²) in [4.78, 5) is 22.5. The molecule has 0 radical (unpaired) electrons. The third-order valence-corrected chi connectivity index (χ3v) is 4.52. The molecule has 0 aliphatic carbocycles. The fourth-order valence-electron chi connectivity index (χ4n) is 2.29. The third kappa shape index (κ3) is 4.65. The number of nitro benzene ring substituents is 1. The number of hydrogen-bond acceptors (Lipinski definition) is 8. The number of methoxy groups -OCH3 is 1. The van der Waals surface area contributed by atoms with E-state index in [0.717, 1.165) is 22.9 Å². The number of non-ortho nitro benzene ring substituents is 1. The van der Waals surface area contributed by atoms with E-state index >= 15 is 0 Å². The van der Waals surface area contributed by atoms with Gasteiger partial charge in [-0.1, -0.05) is 29.5 Å². The summed E-state index contributed by atoms with van der Waals surface area (Å²) in [6, 6.07) is 11.6. The van der Waals surface area contributed by atoms with Crippen molar-refractivity contribution in [1.82, 2.24) is 10.2 Å². The van der Waals surface area contributed by atoms with E-state index in [1.165, 1.54) is 25.3 Å². The Morgan fingerprint density at radius 3 is 2.68 bits per heavy atom. The highest BCUT2D eigenvalue weighted by Crippen LogP contribution is 2.29. The first kappa shape index (κ1) is 19.4. The maximum Gasteiger partial charge on any atom is 0.277 e. The van der Waals surface area contributed by atoms with E-state index in [4.69, 9.17) is 9.15 Å². The van der Waals surface area contributed by atoms with Gasteiger partial charge in [-0.05, 0) is 25.1 Å².